The van der Waals surface area contributed by atoms with Gasteiger partial charge in [-0.2, -0.15) is 0 Å². The maximum atomic E-state index is 12.5. The number of rotatable bonds is 57. The number of allylic oxidation sites excluding steroid dienone is 3. The zero-order valence-corrected chi connectivity index (χ0v) is 44.7. The first kappa shape index (κ1) is 51.2. The van der Waals surface area contributed by atoms with Crippen LogP contribution in [0, 0.1) is 0 Å². The van der Waals surface area contributed by atoms with Crippen molar-refractivity contribution in [1.29, 1.82) is 0 Å². The Hall–Kier alpha value is -1.66. The van der Waals surface area contributed by atoms with Gasteiger partial charge in [0.25, 0.3) is 0 Å². The summed E-state index contributed by atoms with van der Waals surface area (Å²) in [4.78, 5) is 24.6. The van der Waals surface area contributed by atoms with Crippen LogP contribution in [0.1, 0.15) is 347 Å². The number of nitrogens with one attached hydrogen (secondary N) is 1. The summed E-state index contributed by atoms with van der Waals surface area (Å²) in [6.07, 6.45) is 50.8. The van der Waals surface area contributed by atoms with E-state index in [2.05, 4.69) is 18.3 Å². The van der Waals surface area contributed by atoms with Crippen LogP contribution in [0.25, 0.3) is 0 Å². The van der Waals surface area contributed by atoms with E-state index in [4.69, 9.17) is 17.1 Å². The van der Waals surface area contributed by atoms with E-state index in [9.17, 15) is 19.8 Å². The molecule has 0 aromatic heterocycles. The molecule has 0 aliphatic carbocycles. The Balaban J connectivity index is 3.49. The SMILES string of the molecule is [2H]C([2H])([2H])C([2H])([2H])C([2H])([2H])C([2H])([2H])CCCC/C=C/CCCCCCCC(=O)OCCCCCCCCCCCCCCCCCCCCCCCCCC(=O)N[C@@H](CO)[C@H](O)/C=C/CCCCCCCCCCCCC. The fourth-order valence-corrected chi connectivity index (χ4v) is 9.05. The summed E-state index contributed by atoms with van der Waals surface area (Å²) in [6, 6.07) is -0.641. The van der Waals surface area contributed by atoms with Gasteiger partial charge in [-0.05, 0) is 57.8 Å². The molecule has 0 aliphatic rings. The normalized spacial score (nSPS) is 15.5. The predicted molar refractivity (Wildman–Crippen MR) is 296 cm³/mol. The minimum atomic E-state index is -3.29. The van der Waals surface area contributed by atoms with E-state index in [-0.39, 0.29) is 24.9 Å². The second kappa shape index (κ2) is 57.9. The lowest BCUT2D eigenvalue weighted by atomic mass is 10.0. The Bertz CT molecular complexity index is 1410. The Labute approximate surface area is 437 Å². The van der Waals surface area contributed by atoms with Gasteiger partial charge in [-0.25, -0.2) is 0 Å². The summed E-state index contributed by atoms with van der Waals surface area (Å²) >= 11 is 0. The summed E-state index contributed by atoms with van der Waals surface area (Å²) in [6.45, 7) is -0.727. The standard InChI is InChI=1S/C62H119NO5/c1-3-5-7-9-11-13-15-17-27-32-36-40-44-48-52-56-62(67)68-57-53-49-45-41-37-33-29-26-24-22-20-18-19-21-23-25-28-31-35-39-43-47-51-55-61(66)63-59(58-64)60(65)54-50-46-42-38-34-30-16-14-12-10-8-6-4-2/h17,27,50,54,59-60,64-65H,3-16,18-26,28-49,51-53,55-58H2,1-2H3,(H,63,66)/b27-17+,54-50+/t59-,60+/m0/s1/i1D3,3D2,5D2,7D2. The number of amides is 1. The van der Waals surface area contributed by atoms with Crippen molar-refractivity contribution in [1.82, 2.24) is 5.32 Å². The van der Waals surface area contributed by atoms with Crippen LogP contribution in [0.3, 0.4) is 0 Å². The molecule has 3 N–H and O–H groups in total. The molecular formula is C62H119NO5. The van der Waals surface area contributed by atoms with Crippen LogP contribution in [0.4, 0.5) is 0 Å². The van der Waals surface area contributed by atoms with E-state index in [0.717, 1.165) is 83.5 Å². The number of esters is 1. The monoisotopic (exact) mass is 967 g/mol. The van der Waals surface area contributed by atoms with Gasteiger partial charge in [0.15, 0.2) is 0 Å². The van der Waals surface area contributed by atoms with E-state index in [1.807, 2.05) is 12.2 Å². The van der Waals surface area contributed by atoms with Crippen LogP contribution in [0.2, 0.25) is 0 Å². The van der Waals surface area contributed by atoms with E-state index >= 15 is 0 Å². The lowest BCUT2D eigenvalue weighted by Crippen LogP contribution is -2.45. The van der Waals surface area contributed by atoms with E-state index in [1.54, 1.807) is 6.08 Å². The Morgan fingerprint density at radius 1 is 0.485 bits per heavy atom. The number of hydrogen-bond acceptors (Lipinski definition) is 5. The third-order valence-corrected chi connectivity index (χ3v) is 13.6. The molecule has 68 heavy (non-hydrogen) atoms. The molecule has 0 saturated heterocycles. The van der Waals surface area contributed by atoms with Gasteiger partial charge in [0.05, 0.1) is 25.4 Å². The van der Waals surface area contributed by atoms with Crippen LogP contribution in [-0.4, -0.2) is 47.4 Å². The van der Waals surface area contributed by atoms with Crippen molar-refractivity contribution < 1.29 is 36.9 Å². The number of hydrogen-bond donors (Lipinski definition) is 3. The molecule has 0 bridgehead atoms. The molecule has 0 fully saturated rings. The third-order valence-electron chi connectivity index (χ3n) is 13.6. The summed E-state index contributed by atoms with van der Waals surface area (Å²) < 4.78 is 74.6. The zero-order chi connectivity index (χ0) is 57.2. The maximum Gasteiger partial charge on any atom is 0.305 e. The molecule has 2 atom stereocenters. The highest BCUT2D eigenvalue weighted by Gasteiger charge is 2.18. The molecular weight excluding hydrogens is 839 g/mol. The molecule has 0 unspecified atom stereocenters. The van der Waals surface area contributed by atoms with Crippen molar-refractivity contribution in [2.45, 2.75) is 347 Å². The highest BCUT2D eigenvalue weighted by Crippen LogP contribution is 2.17. The molecule has 6 heteroatoms. The number of carbonyl (C=O) groups excluding carboxylic acids is 2. The Morgan fingerprint density at radius 3 is 1.28 bits per heavy atom. The van der Waals surface area contributed by atoms with E-state index in [1.165, 1.54) is 180 Å². The molecule has 6 nitrogen and oxygen atoms in total. The van der Waals surface area contributed by atoms with Crippen LogP contribution < -0.4 is 5.32 Å². The average molecular weight is 968 g/mol. The minimum Gasteiger partial charge on any atom is -0.466 e. The number of carbonyl (C=O) groups is 2. The Morgan fingerprint density at radius 2 is 0.853 bits per heavy atom. The fraction of sp³-hybridized carbons (Fsp3) is 0.903. The number of aliphatic hydroxyl groups excluding tert-OH is 2. The summed E-state index contributed by atoms with van der Waals surface area (Å²) in [5.41, 5.74) is 0. The molecule has 0 aromatic rings. The Kier molecular flexibility index (Phi) is 43.6. The van der Waals surface area contributed by atoms with Gasteiger partial charge in [0, 0.05) is 25.2 Å². The molecule has 0 radical (unpaired) electrons. The molecule has 402 valence electrons. The molecule has 1 amide bonds. The molecule has 0 heterocycles. The number of ether oxygens (including phenoxy) is 1. The van der Waals surface area contributed by atoms with Crippen molar-refractivity contribution in [2.24, 2.45) is 0 Å². The summed E-state index contributed by atoms with van der Waals surface area (Å²) in [7, 11) is 0. The fourth-order valence-electron chi connectivity index (χ4n) is 9.05. The second-order valence-corrected chi connectivity index (χ2v) is 20.2. The lowest BCUT2D eigenvalue weighted by molar-refractivity contribution is -0.143. The number of unbranched alkanes of at least 4 members (excludes halogenated alkanes) is 40. The van der Waals surface area contributed by atoms with Crippen LogP contribution in [0.5, 0.6) is 0 Å². The average Bonchev–Trinajstić information content (AvgIpc) is 3.39. The highest BCUT2D eigenvalue weighted by atomic mass is 16.5. The molecule has 0 aliphatic heterocycles. The van der Waals surface area contributed by atoms with Gasteiger partial charge in [0.2, 0.25) is 5.91 Å². The van der Waals surface area contributed by atoms with Crippen molar-refractivity contribution in [3.63, 3.8) is 0 Å². The quantitative estimate of drug-likeness (QED) is 0.0321. The number of aliphatic hydroxyl groups is 2. The first-order valence-electron chi connectivity index (χ1n) is 34.0. The molecule has 0 saturated carbocycles. The first-order valence-corrected chi connectivity index (χ1v) is 29.5. The van der Waals surface area contributed by atoms with Crippen molar-refractivity contribution >= 4 is 11.9 Å². The van der Waals surface area contributed by atoms with Gasteiger partial charge in [-0.15, -0.1) is 0 Å². The van der Waals surface area contributed by atoms with Crippen LogP contribution in [-0.2, 0) is 14.3 Å². The van der Waals surface area contributed by atoms with Gasteiger partial charge in [-0.1, -0.05) is 288 Å². The third kappa shape index (κ3) is 53.7. The second-order valence-electron chi connectivity index (χ2n) is 20.2. The van der Waals surface area contributed by atoms with E-state index in [0.29, 0.717) is 38.7 Å². The maximum absolute atomic E-state index is 12.5. The van der Waals surface area contributed by atoms with Crippen molar-refractivity contribution in [3.8, 4) is 0 Å². The van der Waals surface area contributed by atoms with E-state index < -0.39 is 38.1 Å². The van der Waals surface area contributed by atoms with Crippen LogP contribution in [0.15, 0.2) is 24.3 Å². The molecule has 0 aromatic carbocycles. The van der Waals surface area contributed by atoms with Gasteiger partial charge < -0.3 is 20.3 Å². The predicted octanol–water partition coefficient (Wildman–Crippen LogP) is 19.0. The van der Waals surface area contributed by atoms with Crippen LogP contribution >= 0.6 is 0 Å². The molecule has 0 spiro atoms. The van der Waals surface area contributed by atoms with Gasteiger partial charge >= 0.3 is 5.97 Å². The largest absolute Gasteiger partial charge is 0.466 e. The summed E-state index contributed by atoms with van der Waals surface area (Å²) in [5, 5.41) is 23.1. The van der Waals surface area contributed by atoms with Gasteiger partial charge in [-0.3, -0.25) is 9.59 Å². The highest BCUT2D eigenvalue weighted by molar-refractivity contribution is 5.76. The van der Waals surface area contributed by atoms with Crippen molar-refractivity contribution in [2.75, 3.05) is 13.2 Å². The zero-order valence-electron chi connectivity index (χ0n) is 53.7. The van der Waals surface area contributed by atoms with Crippen molar-refractivity contribution in [3.05, 3.63) is 24.3 Å². The lowest BCUT2D eigenvalue weighted by Gasteiger charge is -2.20. The van der Waals surface area contributed by atoms with Gasteiger partial charge in [0.1, 0.15) is 0 Å². The topological polar surface area (TPSA) is 95.9 Å². The molecule has 0 rings (SSSR count). The summed E-state index contributed by atoms with van der Waals surface area (Å²) in [5.74, 6) is -0.167. The minimum absolute atomic E-state index is 0.0811. The smallest absolute Gasteiger partial charge is 0.305 e. The first-order chi connectivity index (χ1) is 36.9.